The summed E-state index contributed by atoms with van der Waals surface area (Å²) in [6.45, 7) is 7.49. The Hall–Kier alpha value is -2.19. The fraction of sp³-hybridized carbons (Fsp3) is 0.316. The molecule has 1 aromatic carbocycles. The predicted octanol–water partition coefficient (Wildman–Crippen LogP) is 3.84. The number of hydrogen-bond acceptors (Lipinski definition) is 3. The second-order valence-electron chi connectivity index (χ2n) is 6.50. The molecule has 142 valence electrons. The third-order valence-electron chi connectivity index (χ3n) is 4.63. The molecular weight excluding hydrogens is 424 g/mol. The van der Waals surface area contributed by atoms with Crippen molar-refractivity contribution in [3.63, 3.8) is 0 Å². The molecule has 2 aromatic heterocycles. The summed E-state index contributed by atoms with van der Waals surface area (Å²) in [6.07, 6.45) is 1.78. The van der Waals surface area contributed by atoms with Gasteiger partial charge in [-0.3, -0.25) is 9.36 Å². The molecule has 3 rings (SSSR count). The zero-order valence-electron chi connectivity index (χ0n) is 15.9. The Labute approximate surface area is 173 Å². The van der Waals surface area contributed by atoms with E-state index in [0.717, 1.165) is 33.8 Å². The van der Waals surface area contributed by atoms with Crippen LogP contribution in [0.4, 0.5) is 5.69 Å². The van der Waals surface area contributed by atoms with Crippen molar-refractivity contribution in [2.75, 3.05) is 5.32 Å². The monoisotopic (exact) mass is 446 g/mol. The second-order valence-corrected chi connectivity index (χ2v) is 7.76. The van der Waals surface area contributed by atoms with Gasteiger partial charge in [0.25, 0.3) is 0 Å². The van der Waals surface area contributed by atoms with E-state index in [-0.39, 0.29) is 0 Å². The van der Waals surface area contributed by atoms with Crippen LogP contribution >= 0.6 is 28.1 Å². The summed E-state index contributed by atoms with van der Waals surface area (Å²) in [7, 11) is 1.90. The van der Waals surface area contributed by atoms with Gasteiger partial charge in [0, 0.05) is 7.05 Å². The third kappa shape index (κ3) is 4.39. The van der Waals surface area contributed by atoms with E-state index in [4.69, 9.17) is 12.2 Å². The van der Waals surface area contributed by atoms with E-state index in [1.54, 1.807) is 6.20 Å². The minimum atomic E-state index is 0.560. The van der Waals surface area contributed by atoms with E-state index >= 15 is 0 Å². The van der Waals surface area contributed by atoms with Crippen LogP contribution in [-0.2, 0) is 20.1 Å². The van der Waals surface area contributed by atoms with Gasteiger partial charge in [0.05, 0.1) is 46.5 Å². The van der Waals surface area contributed by atoms with Gasteiger partial charge in [-0.1, -0.05) is 24.3 Å². The van der Waals surface area contributed by atoms with Crippen molar-refractivity contribution in [3.05, 3.63) is 63.1 Å². The summed E-state index contributed by atoms with van der Waals surface area (Å²) in [5, 5.41) is 16.0. The van der Waals surface area contributed by atoms with Crippen molar-refractivity contribution in [2.24, 2.45) is 7.05 Å². The highest BCUT2D eigenvalue weighted by Gasteiger charge is 2.14. The highest BCUT2D eigenvalue weighted by molar-refractivity contribution is 9.10. The quantitative estimate of drug-likeness (QED) is 0.582. The summed E-state index contributed by atoms with van der Waals surface area (Å²) in [4.78, 5) is 0. The predicted molar refractivity (Wildman–Crippen MR) is 116 cm³/mol. The van der Waals surface area contributed by atoms with Crippen LogP contribution in [0.3, 0.4) is 0 Å². The minimum absolute atomic E-state index is 0.560. The van der Waals surface area contributed by atoms with Crippen LogP contribution in [0.5, 0.6) is 0 Å². The highest BCUT2D eigenvalue weighted by atomic mass is 79.9. The number of halogens is 1. The van der Waals surface area contributed by atoms with Crippen LogP contribution in [0.1, 0.15) is 28.2 Å². The molecule has 2 heterocycles. The van der Waals surface area contributed by atoms with Crippen molar-refractivity contribution < 1.29 is 0 Å². The first-order valence-electron chi connectivity index (χ1n) is 8.66. The first-order valence-corrected chi connectivity index (χ1v) is 9.86. The molecule has 6 nitrogen and oxygen atoms in total. The molecule has 0 spiro atoms. The van der Waals surface area contributed by atoms with E-state index in [2.05, 4.69) is 74.9 Å². The molecule has 2 N–H and O–H groups in total. The molecular formula is C19H23BrN6S. The van der Waals surface area contributed by atoms with Gasteiger partial charge in [-0.05, 0) is 60.0 Å². The average molecular weight is 447 g/mol. The molecule has 8 heteroatoms. The molecule has 0 atom stereocenters. The maximum absolute atomic E-state index is 5.47. The van der Waals surface area contributed by atoms with Crippen molar-refractivity contribution >= 4 is 38.9 Å². The topological polar surface area (TPSA) is 59.7 Å². The molecule has 0 fully saturated rings. The summed E-state index contributed by atoms with van der Waals surface area (Å²) in [6, 6.07) is 8.37. The van der Waals surface area contributed by atoms with Crippen molar-refractivity contribution in [1.82, 2.24) is 24.9 Å². The van der Waals surface area contributed by atoms with Crippen molar-refractivity contribution in [3.8, 4) is 0 Å². The normalized spacial score (nSPS) is 10.9. The van der Waals surface area contributed by atoms with Gasteiger partial charge < -0.3 is 10.6 Å². The number of aromatic nitrogens is 4. The molecule has 0 aliphatic carbocycles. The average Bonchev–Trinajstić information content (AvgIpc) is 3.08. The fourth-order valence-electron chi connectivity index (χ4n) is 2.94. The molecule has 3 aromatic rings. The lowest BCUT2D eigenvalue weighted by molar-refractivity contribution is 0.657. The Bertz CT molecular complexity index is 955. The van der Waals surface area contributed by atoms with Gasteiger partial charge in [-0.2, -0.15) is 10.2 Å². The smallest absolute Gasteiger partial charge is 0.171 e. The van der Waals surface area contributed by atoms with Gasteiger partial charge in [-0.25, -0.2) is 0 Å². The van der Waals surface area contributed by atoms with Crippen LogP contribution in [0, 0.1) is 20.8 Å². The van der Waals surface area contributed by atoms with Gasteiger partial charge in [-0.15, -0.1) is 0 Å². The largest absolute Gasteiger partial charge is 0.357 e. The number of thiocarbonyl (C=S) groups is 1. The van der Waals surface area contributed by atoms with Gasteiger partial charge in [0.1, 0.15) is 0 Å². The molecule has 0 radical (unpaired) electrons. The fourth-order valence-corrected chi connectivity index (χ4v) is 3.60. The number of nitrogens with zero attached hydrogens (tertiary/aromatic N) is 4. The SMILES string of the molecule is Cc1ccccc1Cn1nc(C)c(NC(=S)NCc2c(Br)cnn2C)c1C. The number of rotatable bonds is 5. The van der Waals surface area contributed by atoms with Crippen LogP contribution in [0.25, 0.3) is 0 Å². The molecule has 27 heavy (non-hydrogen) atoms. The number of benzene rings is 1. The lowest BCUT2D eigenvalue weighted by Crippen LogP contribution is -2.29. The number of nitrogens with one attached hydrogen (secondary N) is 2. The van der Waals surface area contributed by atoms with Gasteiger partial charge in [0.2, 0.25) is 0 Å². The van der Waals surface area contributed by atoms with E-state index in [9.17, 15) is 0 Å². The van der Waals surface area contributed by atoms with E-state index < -0.39 is 0 Å². The summed E-state index contributed by atoms with van der Waals surface area (Å²) in [5.74, 6) is 0. The van der Waals surface area contributed by atoms with E-state index in [1.807, 2.05) is 23.3 Å². The molecule has 0 amide bonds. The molecule has 0 aliphatic heterocycles. The Morgan fingerprint density at radius 3 is 2.63 bits per heavy atom. The van der Waals surface area contributed by atoms with Gasteiger partial charge in [0.15, 0.2) is 5.11 Å². The van der Waals surface area contributed by atoms with Crippen molar-refractivity contribution in [2.45, 2.75) is 33.9 Å². The minimum Gasteiger partial charge on any atom is -0.357 e. The number of anilines is 1. The number of hydrogen-bond donors (Lipinski definition) is 2. The Balaban J connectivity index is 1.69. The zero-order chi connectivity index (χ0) is 19.6. The van der Waals surface area contributed by atoms with Gasteiger partial charge >= 0.3 is 0 Å². The maximum Gasteiger partial charge on any atom is 0.171 e. The molecule has 0 saturated heterocycles. The van der Waals surface area contributed by atoms with Crippen LogP contribution < -0.4 is 10.6 Å². The third-order valence-corrected chi connectivity index (χ3v) is 5.54. The van der Waals surface area contributed by atoms with E-state index in [1.165, 1.54) is 11.1 Å². The summed E-state index contributed by atoms with van der Waals surface area (Å²) in [5.41, 5.74) is 6.48. The first kappa shape index (κ1) is 19.6. The highest BCUT2D eigenvalue weighted by Crippen LogP contribution is 2.21. The van der Waals surface area contributed by atoms with Crippen LogP contribution in [0.15, 0.2) is 34.9 Å². The van der Waals surface area contributed by atoms with Crippen LogP contribution in [0.2, 0.25) is 0 Å². The molecule has 0 bridgehead atoms. The first-order chi connectivity index (χ1) is 12.9. The second kappa shape index (κ2) is 8.22. The Morgan fingerprint density at radius 1 is 1.22 bits per heavy atom. The Morgan fingerprint density at radius 2 is 1.96 bits per heavy atom. The Kier molecular flexibility index (Phi) is 5.96. The molecule has 0 saturated carbocycles. The van der Waals surface area contributed by atoms with Crippen LogP contribution in [-0.4, -0.2) is 24.7 Å². The standard InChI is InChI=1S/C19H23BrN6S/c1-12-7-5-6-8-15(12)11-26-14(3)18(13(2)24-26)23-19(27)21-10-17-16(20)9-22-25(17)4/h5-9H,10-11H2,1-4H3,(H2,21,23,27). The summed E-state index contributed by atoms with van der Waals surface area (Å²) < 4.78 is 4.79. The zero-order valence-corrected chi connectivity index (χ0v) is 18.3. The molecule has 0 unspecified atom stereocenters. The summed E-state index contributed by atoms with van der Waals surface area (Å²) >= 11 is 8.97. The number of aryl methyl sites for hydroxylation is 3. The molecule has 0 aliphatic rings. The lowest BCUT2D eigenvalue weighted by atomic mass is 10.1. The van der Waals surface area contributed by atoms with Crippen molar-refractivity contribution in [1.29, 1.82) is 0 Å². The lowest BCUT2D eigenvalue weighted by Gasteiger charge is -2.12. The maximum atomic E-state index is 5.47. The van der Waals surface area contributed by atoms with E-state index in [0.29, 0.717) is 11.7 Å².